The van der Waals surface area contributed by atoms with E-state index in [0.29, 0.717) is 0 Å². The van der Waals surface area contributed by atoms with E-state index in [1.54, 1.807) is 0 Å². The van der Waals surface area contributed by atoms with E-state index in [0.717, 1.165) is 38.5 Å². The Bertz CT molecular complexity index is 1020. The second kappa shape index (κ2) is 46.1. The Hall–Kier alpha value is -1.92. The molecule has 0 saturated carbocycles. The van der Waals surface area contributed by atoms with Crippen molar-refractivity contribution in [2.75, 3.05) is 0 Å². The molecule has 61 heavy (non-hydrogen) atoms. The van der Waals surface area contributed by atoms with Gasteiger partial charge >= 0.3 is 61.6 Å². The fourth-order valence-corrected chi connectivity index (χ4v) is 6.53. The van der Waals surface area contributed by atoms with Gasteiger partial charge in [0.15, 0.2) is 12.2 Å². The van der Waals surface area contributed by atoms with E-state index >= 15 is 0 Å². The molecule has 12 nitrogen and oxygen atoms in total. The van der Waals surface area contributed by atoms with Gasteiger partial charge in [0.05, 0.1) is 11.9 Å². The van der Waals surface area contributed by atoms with Gasteiger partial charge in [-0.05, 0) is 40.5 Å². The van der Waals surface area contributed by atoms with Gasteiger partial charge in [0.25, 0.3) is 0 Å². The number of carbonyl (C=O) groups is 6. The summed E-state index contributed by atoms with van der Waals surface area (Å²) >= 11 is 0. The van der Waals surface area contributed by atoms with Crippen LogP contribution < -0.4 is 10.2 Å². The molecule has 0 bridgehead atoms. The quantitative estimate of drug-likeness (QED) is 0.0246. The Balaban J connectivity index is -0.00000109. The molecule has 0 aliphatic carbocycles. The summed E-state index contributed by atoms with van der Waals surface area (Å²) in [6.07, 6.45) is 33.2. The molecule has 0 N–H and O–H groups in total. The van der Waals surface area contributed by atoms with Crippen molar-refractivity contribution in [3.05, 3.63) is 0 Å². The molecule has 0 heterocycles. The molecule has 352 valence electrons. The van der Waals surface area contributed by atoms with E-state index in [1.807, 2.05) is 0 Å². The molecule has 0 aromatic carbocycles. The van der Waals surface area contributed by atoms with Gasteiger partial charge in [-0.15, -0.1) is 0 Å². The molecule has 0 aromatic heterocycles. The van der Waals surface area contributed by atoms with Crippen LogP contribution in [0.4, 0.5) is 0 Å². The summed E-state index contributed by atoms with van der Waals surface area (Å²) in [6, 6.07) is 0. The average molecular weight is 895 g/mol. The molecule has 4 atom stereocenters. The predicted octanol–water partition coefficient (Wildman–Crippen LogP) is 9.34. The predicted molar refractivity (Wildman–Crippen MR) is 237 cm³/mol. The zero-order chi connectivity index (χ0) is 45.2. The Labute approximate surface area is 400 Å². The molecule has 0 saturated heterocycles. The second-order valence-corrected chi connectivity index (χ2v) is 16.5. The molecular formula is C48H86CaO12. The van der Waals surface area contributed by atoms with Gasteiger partial charge in [-0.3, -0.25) is 9.59 Å². The smallest absolute Gasteiger partial charge is 0.546 e. The summed E-state index contributed by atoms with van der Waals surface area (Å²) in [6.45, 7) is 9.63. The van der Waals surface area contributed by atoms with Crippen LogP contribution in [0.2, 0.25) is 0 Å². The molecule has 0 aromatic rings. The van der Waals surface area contributed by atoms with Crippen molar-refractivity contribution in [3.63, 3.8) is 0 Å². The van der Waals surface area contributed by atoms with Crippen LogP contribution in [-0.4, -0.2) is 98.0 Å². The molecule has 13 heteroatoms. The number of hydrogen-bond donors (Lipinski definition) is 0. The second-order valence-electron chi connectivity index (χ2n) is 16.5. The zero-order valence-corrected chi connectivity index (χ0v) is 41.8. The number of aliphatic carboxylic acids is 2. The number of carboxylic acids is 2. The number of carboxylic acid groups (broad SMARTS) is 2. The van der Waals surface area contributed by atoms with Gasteiger partial charge in [-0.2, -0.15) is 0 Å². The Morgan fingerprint density at radius 1 is 0.328 bits per heavy atom. The monoisotopic (exact) mass is 895 g/mol. The van der Waals surface area contributed by atoms with Crippen molar-refractivity contribution in [3.8, 4) is 0 Å². The van der Waals surface area contributed by atoms with Crippen LogP contribution in [0.25, 0.3) is 0 Å². The molecule has 0 amide bonds. The van der Waals surface area contributed by atoms with Crippen molar-refractivity contribution < 1.29 is 57.9 Å². The van der Waals surface area contributed by atoms with Crippen LogP contribution in [0.5, 0.6) is 0 Å². The molecule has 4 unspecified atom stereocenters. The number of carbonyl (C=O) groups excluding carboxylic acids is 6. The number of unbranched alkanes of at least 4 members (excludes halogenated alkanes) is 28. The summed E-state index contributed by atoms with van der Waals surface area (Å²) in [5.74, 6) is -5.65. The van der Waals surface area contributed by atoms with Crippen LogP contribution in [0.15, 0.2) is 0 Å². The third kappa shape index (κ3) is 44.5. The summed E-state index contributed by atoms with van der Waals surface area (Å²) < 4.78 is 19.2. The maximum Gasteiger partial charge on any atom is 2.00 e. The molecular weight excluding hydrogens is 809 g/mol. The van der Waals surface area contributed by atoms with Crippen molar-refractivity contribution in [2.45, 2.75) is 271 Å². The van der Waals surface area contributed by atoms with Gasteiger partial charge in [-0.1, -0.05) is 194 Å². The molecule has 0 rings (SSSR count). The van der Waals surface area contributed by atoms with Crippen molar-refractivity contribution >= 4 is 73.6 Å². The van der Waals surface area contributed by atoms with Gasteiger partial charge in [0.1, 0.15) is 12.2 Å². The molecule has 0 spiro atoms. The summed E-state index contributed by atoms with van der Waals surface area (Å²) in [7, 11) is 0. The van der Waals surface area contributed by atoms with E-state index in [4.69, 9.17) is 9.47 Å². The van der Waals surface area contributed by atoms with Crippen LogP contribution in [0.1, 0.15) is 247 Å². The number of ether oxygens (including phenoxy) is 4. The van der Waals surface area contributed by atoms with Gasteiger partial charge in [-0.25, -0.2) is 9.59 Å². The minimum absolute atomic E-state index is 0. The Morgan fingerprint density at radius 3 is 0.721 bits per heavy atom. The first-order valence-electron chi connectivity index (χ1n) is 24.0. The third-order valence-corrected chi connectivity index (χ3v) is 10.5. The molecule has 0 aliphatic rings. The largest absolute Gasteiger partial charge is 2.00 e. The van der Waals surface area contributed by atoms with E-state index in [9.17, 15) is 39.0 Å². The van der Waals surface area contributed by atoms with E-state index in [2.05, 4.69) is 23.3 Å². The topological polar surface area (TPSA) is 185 Å². The first-order valence-corrected chi connectivity index (χ1v) is 24.0. The maximum atomic E-state index is 11.8. The third-order valence-electron chi connectivity index (χ3n) is 10.5. The summed E-state index contributed by atoms with van der Waals surface area (Å²) in [4.78, 5) is 67.8. The van der Waals surface area contributed by atoms with Gasteiger partial charge in [0, 0.05) is 12.8 Å². The first-order chi connectivity index (χ1) is 28.8. The SMILES string of the molecule is CCCCCCCCCCCCCCCCCC(=O)OC(C)C(=O)OC(C)C(=O)[O-].CCCCCCCCCCCCCCCCCC(=O)OC(C)C(=O)OC(C)C(=O)[O-].[Ca+2]. The van der Waals surface area contributed by atoms with Crippen molar-refractivity contribution in [2.24, 2.45) is 0 Å². The minimum atomic E-state index is -1.49. The van der Waals surface area contributed by atoms with Crippen LogP contribution >= 0.6 is 0 Å². The van der Waals surface area contributed by atoms with E-state index in [1.165, 1.54) is 182 Å². The van der Waals surface area contributed by atoms with Crippen LogP contribution in [0, 0.1) is 0 Å². The first kappa shape index (κ1) is 63.4. The number of esters is 4. The maximum absolute atomic E-state index is 11.8. The number of hydrogen-bond acceptors (Lipinski definition) is 12. The summed E-state index contributed by atoms with van der Waals surface area (Å²) in [5, 5.41) is 21.1. The van der Waals surface area contributed by atoms with Crippen molar-refractivity contribution in [1.29, 1.82) is 0 Å². The normalized spacial score (nSPS) is 12.7. The average Bonchev–Trinajstić information content (AvgIpc) is 3.20. The van der Waals surface area contributed by atoms with E-state index in [-0.39, 0.29) is 50.6 Å². The van der Waals surface area contributed by atoms with Gasteiger partial charge < -0.3 is 38.7 Å². The van der Waals surface area contributed by atoms with E-state index < -0.39 is 60.2 Å². The fraction of sp³-hybridized carbons (Fsp3) is 0.875. The molecule has 0 aliphatic heterocycles. The number of rotatable bonds is 40. The Morgan fingerprint density at radius 2 is 0.525 bits per heavy atom. The zero-order valence-electron chi connectivity index (χ0n) is 39.5. The standard InChI is InChI=1S/2C24H44O6.Ca/c2*1-4-5-6-7-8-9-10-11-12-13-14-15-16-17-18-19-22(25)29-21(3)24(28)30-20(2)23(26)27;/h2*20-21H,4-19H2,1-3H3,(H,26,27);/q;;+2/p-2. The molecule has 0 radical (unpaired) electrons. The Kier molecular flexibility index (Phi) is 47.9. The van der Waals surface area contributed by atoms with Crippen LogP contribution in [0.3, 0.4) is 0 Å². The van der Waals surface area contributed by atoms with Gasteiger partial charge in [0.2, 0.25) is 0 Å². The minimum Gasteiger partial charge on any atom is -0.546 e. The van der Waals surface area contributed by atoms with Crippen molar-refractivity contribution in [1.82, 2.24) is 0 Å². The summed E-state index contributed by atoms with van der Waals surface area (Å²) in [5.41, 5.74) is 0. The van der Waals surface area contributed by atoms with Crippen LogP contribution in [-0.2, 0) is 47.7 Å². The fourth-order valence-electron chi connectivity index (χ4n) is 6.53. The molecule has 0 fully saturated rings.